The van der Waals surface area contributed by atoms with Crippen LogP contribution in [0.5, 0.6) is 5.88 Å². The molecule has 0 atom stereocenters. The van der Waals surface area contributed by atoms with Crippen LogP contribution >= 0.6 is 0 Å². The Morgan fingerprint density at radius 3 is 2.70 bits per heavy atom. The average molecular weight is 477 g/mol. The van der Waals surface area contributed by atoms with Gasteiger partial charge in [0.1, 0.15) is 0 Å². The molecule has 9 nitrogen and oxygen atoms in total. The molecule has 10 heteroatoms. The number of benzene rings is 1. The Kier molecular flexibility index (Phi) is 8.65. The number of hydrogen-bond acceptors (Lipinski definition) is 7. The van der Waals surface area contributed by atoms with Crippen molar-refractivity contribution in [2.45, 2.75) is 31.2 Å². The minimum Gasteiger partial charge on any atom is -0.477 e. The maximum absolute atomic E-state index is 13.3. The van der Waals surface area contributed by atoms with Crippen molar-refractivity contribution in [2.75, 3.05) is 51.9 Å². The van der Waals surface area contributed by atoms with Gasteiger partial charge >= 0.3 is 0 Å². The molecule has 2 heterocycles. The van der Waals surface area contributed by atoms with E-state index in [-0.39, 0.29) is 17.3 Å². The van der Waals surface area contributed by atoms with Gasteiger partial charge in [-0.05, 0) is 30.7 Å². The summed E-state index contributed by atoms with van der Waals surface area (Å²) in [6.07, 6.45) is 3.58. The standard InChI is InChI=1S/C23H32N4O5S/c1-4-5-13-32-23-18(7-6-10-24-23)17-25-22(28)20-16-19(33(29,30)26(2)3)8-9-21(20)27-11-14-31-15-12-27/h6-10,16H,4-5,11-15,17H2,1-3H3,(H,25,28). The molecule has 33 heavy (non-hydrogen) atoms. The molecule has 1 aliphatic rings. The van der Waals surface area contributed by atoms with E-state index in [1.54, 1.807) is 18.3 Å². The fraction of sp³-hybridized carbons (Fsp3) is 0.478. The zero-order valence-electron chi connectivity index (χ0n) is 19.4. The number of ether oxygens (including phenoxy) is 2. The minimum atomic E-state index is -3.69. The van der Waals surface area contributed by atoms with Crippen molar-refractivity contribution >= 4 is 21.6 Å². The summed E-state index contributed by atoms with van der Waals surface area (Å²) >= 11 is 0. The van der Waals surface area contributed by atoms with Crippen molar-refractivity contribution in [1.29, 1.82) is 0 Å². The van der Waals surface area contributed by atoms with Gasteiger partial charge < -0.3 is 19.7 Å². The van der Waals surface area contributed by atoms with Gasteiger partial charge in [-0.3, -0.25) is 4.79 Å². The Morgan fingerprint density at radius 2 is 2.00 bits per heavy atom. The molecule has 1 N–H and O–H groups in total. The molecule has 1 fully saturated rings. The van der Waals surface area contributed by atoms with Crippen molar-refractivity contribution < 1.29 is 22.7 Å². The topological polar surface area (TPSA) is 101 Å². The molecule has 1 saturated heterocycles. The number of sulfonamides is 1. The Morgan fingerprint density at radius 1 is 1.24 bits per heavy atom. The van der Waals surface area contributed by atoms with Crippen LogP contribution in [0.15, 0.2) is 41.4 Å². The lowest BCUT2D eigenvalue weighted by Gasteiger charge is -2.30. The van der Waals surface area contributed by atoms with Crippen molar-refractivity contribution in [3.05, 3.63) is 47.7 Å². The summed E-state index contributed by atoms with van der Waals surface area (Å²) in [7, 11) is -0.756. The van der Waals surface area contributed by atoms with E-state index < -0.39 is 10.0 Å². The predicted molar refractivity (Wildman–Crippen MR) is 126 cm³/mol. The van der Waals surface area contributed by atoms with E-state index in [9.17, 15) is 13.2 Å². The van der Waals surface area contributed by atoms with Crippen LogP contribution in [0.3, 0.4) is 0 Å². The molecular weight excluding hydrogens is 444 g/mol. The number of carbonyl (C=O) groups excluding carboxylic acids is 1. The highest BCUT2D eigenvalue weighted by Crippen LogP contribution is 2.26. The number of nitrogens with zero attached hydrogens (tertiary/aromatic N) is 3. The SMILES string of the molecule is CCCCOc1ncccc1CNC(=O)c1cc(S(=O)(=O)N(C)C)ccc1N1CCOCC1. The van der Waals surface area contributed by atoms with E-state index in [0.717, 1.165) is 22.7 Å². The van der Waals surface area contributed by atoms with Crippen LogP contribution < -0.4 is 15.0 Å². The average Bonchev–Trinajstić information content (AvgIpc) is 2.83. The van der Waals surface area contributed by atoms with Crippen molar-refractivity contribution in [3.8, 4) is 5.88 Å². The van der Waals surface area contributed by atoms with Crippen LogP contribution in [0, 0.1) is 0 Å². The fourth-order valence-electron chi connectivity index (χ4n) is 3.42. The van der Waals surface area contributed by atoms with E-state index in [1.807, 2.05) is 11.0 Å². The first-order valence-corrected chi connectivity index (χ1v) is 12.5. The summed E-state index contributed by atoms with van der Waals surface area (Å²) < 4.78 is 37.7. The summed E-state index contributed by atoms with van der Waals surface area (Å²) in [5.74, 6) is 0.124. The Bertz CT molecular complexity index is 1050. The monoisotopic (exact) mass is 476 g/mol. The molecule has 180 valence electrons. The number of morpholine rings is 1. The zero-order valence-corrected chi connectivity index (χ0v) is 20.2. The lowest BCUT2D eigenvalue weighted by atomic mass is 10.1. The molecule has 1 amide bonds. The van der Waals surface area contributed by atoms with Gasteiger partial charge in [0, 0.05) is 51.2 Å². The number of rotatable bonds is 10. The van der Waals surface area contributed by atoms with Gasteiger partial charge in [-0.2, -0.15) is 0 Å². The highest BCUT2D eigenvalue weighted by Gasteiger charge is 2.24. The van der Waals surface area contributed by atoms with Gasteiger partial charge in [0.15, 0.2) is 0 Å². The smallest absolute Gasteiger partial charge is 0.253 e. The molecule has 0 aliphatic carbocycles. The third-order valence-electron chi connectivity index (χ3n) is 5.37. The number of amides is 1. The number of nitrogens with one attached hydrogen (secondary N) is 1. The number of anilines is 1. The minimum absolute atomic E-state index is 0.0691. The second-order valence-electron chi connectivity index (χ2n) is 7.92. The third kappa shape index (κ3) is 6.21. The largest absolute Gasteiger partial charge is 0.477 e. The molecular formula is C23H32N4O5S. The Balaban J connectivity index is 1.86. The molecule has 3 rings (SSSR count). The molecule has 1 aliphatic heterocycles. The third-order valence-corrected chi connectivity index (χ3v) is 7.18. The normalized spacial score (nSPS) is 14.4. The van der Waals surface area contributed by atoms with Crippen LogP contribution in [0.25, 0.3) is 0 Å². The zero-order chi connectivity index (χ0) is 23.8. The van der Waals surface area contributed by atoms with Gasteiger partial charge in [0.2, 0.25) is 15.9 Å². The van der Waals surface area contributed by atoms with E-state index in [0.29, 0.717) is 50.0 Å². The molecule has 0 saturated carbocycles. The van der Waals surface area contributed by atoms with Gasteiger partial charge in [0.05, 0.1) is 30.3 Å². The first-order valence-electron chi connectivity index (χ1n) is 11.1. The van der Waals surface area contributed by atoms with Crippen LogP contribution in [-0.2, 0) is 21.3 Å². The maximum Gasteiger partial charge on any atom is 0.253 e. The first-order chi connectivity index (χ1) is 15.8. The van der Waals surface area contributed by atoms with Gasteiger partial charge in [-0.25, -0.2) is 17.7 Å². The van der Waals surface area contributed by atoms with Crippen molar-refractivity contribution in [1.82, 2.24) is 14.6 Å². The molecule has 0 radical (unpaired) electrons. The molecule has 1 aromatic heterocycles. The first kappa shape index (κ1) is 24.9. The number of pyridine rings is 1. The quantitative estimate of drug-likeness (QED) is 0.525. The Hall–Kier alpha value is -2.69. The molecule has 0 spiro atoms. The van der Waals surface area contributed by atoms with Crippen LogP contribution in [0.4, 0.5) is 5.69 Å². The highest BCUT2D eigenvalue weighted by molar-refractivity contribution is 7.89. The van der Waals surface area contributed by atoms with Crippen molar-refractivity contribution in [3.63, 3.8) is 0 Å². The lowest BCUT2D eigenvalue weighted by Crippen LogP contribution is -2.38. The van der Waals surface area contributed by atoms with Gasteiger partial charge in [0.25, 0.3) is 5.91 Å². The van der Waals surface area contributed by atoms with Gasteiger partial charge in [-0.15, -0.1) is 0 Å². The summed E-state index contributed by atoms with van der Waals surface area (Å²) in [5.41, 5.74) is 1.74. The molecule has 0 bridgehead atoms. The molecule has 2 aromatic rings. The Labute approximate surface area is 195 Å². The summed E-state index contributed by atoms with van der Waals surface area (Å²) in [6, 6.07) is 8.32. The van der Waals surface area contributed by atoms with Gasteiger partial charge in [-0.1, -0.05) is 19.4 Å². The maximum atomic E-state index is 13.3. The number of unbranched alkanes of at least 4 members (excludes halogenated alkanes) is 1. The van der Waals surface area contributed by atoms with E-state index in [4.69, 9.17) is 9.47 Å². The van der Waals surface area contributed by atoms with E-state index in [1.165, 1.54) is 26.2 Å². The van der Waals surface area contributed by atoms with Crippen LogP contribution in [-0.4, -0.2) is 70.6 Å². The van der Waals surface area contributed by atoms with E-state index in [2.05, 4.69) is 17.2 Å². The van der Waals surface area contributed by atoms with E-state index >= 15 is 0 Å². The second kappa shape index (κ2) is 11.4. The molecule has 0 unspecified atom stereocenters. The lowest BCUT2D eigenvalue weighted by molar-refractivity contribution is 0.0949. The fourth-order valence-corrected chi connectivity index (χ4v) is 4.35. The summed E-state index contributed by atoms with van der Waals surface area (Å²) in [5, 5.41) is 2.91. The number of hydrogen-bond donors (Lipinski definition) is 1. The predicted octanol–water partition coefficient (Wildman–Crippen LogP) is 2.28. The number of carbonyl (C=O) groups is 1. The van der Waals surface area contributed by atoms with Crippen LogP contribution in [0.2, 0.25) is 0 Å². The highest BCUT2D eigenvalue weighted by atomic mass is 32.2. The number of aromatic nitrogens is 1. The summed E-state index contributed by atoms with van der Waals surface area (Å²) in [4.78, 5) is 19.6. The van der Waals surface area contributed by atoms with Crippen molar-refractivity contribution in [2.24, 2.45) is 0 Å². The summed E-state index contributed by atoms with van der Waals surface area (Å²) in [6.45, 7) is 5.19. The second-order valence-corrected chi connectivity index (χ2v) is 10.1. The van der Waals surface area contributed by atoms with Crippen LogP contribution in [0.1, 0.15) is 35.7 Å². The molecule has 1 aromatic carbocycles.